The maximum atomic E-state index is 11.8. The van der Waals surface area contributed by atoms with Crippen LogP contribution >= 0.6 is 0 Å². The molecule has 1 fully saturated rings. The van der Waals surface area contributed by atoms with Crippen molar-refractivity contribution in [1.29, 1.82) is 0 Å². The van der Waals surface area contributed by atoms with Gasteiger partial charge in [-0.3, -0.25) is 0 Å². The minimum atomic E-state index is -0.513. The summed E-state index contributed by atoms with van der Waals surface area (Å²) in [6.07, 6.45) is 5.44. The highest BCUT2D eigenvalue weighted by Gasteiger charge is 2.37. The molecule has 0 spiro atoms. The van der Waals surface area contributed by atoms with E-state index in [9.17, 15) is 9.59 Å². The molecular weight excluding hydrogens is 254 g/mol. The number of rotatable bonds is 3. The molecule has 0 radical (unpaired) electrons. The average Bonchev–Trinajstić information content (AvgIpc) is 2.90. The van der Waals surface area contributed by atoms with Crippen LogP contribution in [0.15, 0.2) is 17.1 Å². The minimum absolute atomic E-state index is 0.363. The fourth-order valence-electron chi connectivity index (χ4n) is 3.07. The number of carbonyl (C=O) groups excluding carboxylic acids is 2. The summed E-state index contributed by atoms with van der Waals surface area (Å²) in [5.41, 5.74) is 3.05. The Labute approximate surface area is 118 Å². The smallest absolute Gasteiger partial charge is 0.337 e. The molecule has 4 nitrogen and oxygen atoms in total. The first-order valence-electron chi connectivity index (χ1n) is 6.83. The van der Waals surface area contributed by atoms with Crippen LogP contribution in [0.3, 0.4) is 0 Å². The number of esters is 1. The maximum Gasteiger partial charge on any atom is 0.337 e. The van der Waals surface area contributed by atoms with Crippen molar-refractivity contribution in [2.24, 2.45) is 4.99 Å². The quantitative estimate of drug-likeness (QED) is 0.483. The van der Waals surface area contributed by atoms with E-state index < -0.39 is 5.54 Å². The van der Waals surface area contributed by atoms with Gasteiger partial charge in [0.05, 0.1) is 18.2 Å². The molecule has 1 aromatic rings. The van der Waals surface area contributed by atoms with Crippen LogP contribution in [0.25, 0.3) is 0 Å². The third-order valence-electron chi connectivity index (χ3n) is 4.28. The van der Waals surface area contributed by atoms with E-state index >= 15 is 0 Å². The summed E-state index contributed by atoms with van der Waals surface area (Å²) < 4.78 is 4.79. The third kappa shape index (κ3) is 2.39. The molecule has 1 aliphatic rings. The Morgan fingerprint density at radius 2 is 1.95 bits per heavy atom. The van der Waals surface area contributed by atoms with Crippen LogP contribution in [0, 0.1) is 13.8 Å². The van der Waals surface area contributed by atoms with E-state index in [1.807, 2.05) is 26.0 Å². The first-order valence-corrected chi connectivity index (χ1v) is 6.83. The summed E-state index contributed by atoms with van der Waals surface area (Å²) in [7, 11) is 1.37. The average molecular weight is 273 g/mol. The van der Waals surface area contributed by atoms with Gasteiger partial charge in [0, 0.05) is 0 Å². The van der Waals surface area contributed by atoms with Gasteiger partial charge in [-0.05, 0) is 55.5 Å². The van der Waals surface area contributed by atoms with Crippen molar-refractivity contribution in [3.8, 4) is 0 Å². The molecule has 0 saturated heterocycles. The van der Waals surface area contributed by atoms with Gasteiger partial charge in [-0.2, -0.15) is 4.99 Å². The summed E-state index contributed by atoms with van der Waals surface area (Å²) in [4.78, 5) is 26.7. The summed E-state index contributed by atoms with van der Waals surface area (Å²) in [6.45, 7) is 3.96. The van der Waals surface area contributed by atoms with E-state index in [-0.39, 0.29) is 5.97 Å². The van der Waals surface area contributed by atoms with E-state index in [0.717, 1.165) is 42.4 Å². The lowest BCUT2D eigenvalue weighted by Crippen LogP contribution is -2.22. The van der Waals surface area contributed by atoms with Crippen LogP contribution in [-0.2, 0) is 15.1 Å². The zero-order valence-electron chi connectivity index (χ0n) is 12.2. The molecule has 4 heteroatoms. The van der Waals surface area contributed by atoms with Gasteiger partial charge < -0.3 is 4.74 Å². The molecule has 0 amide bonds. The van der Waals surface area contributed by atoms with Gasteiger partial charge in [-0.1, -0.05) is 12.8 Å². The molecule has 0 unspecified atom stereocenters. The van der Waals surface area contributed by atoms with Crippen molar-refractivity contribution in [2.75, 3.05) is 7.11 Å². The van der Waals surface area contributed by atoms with Crippen molar-refractivity contribution in [3.05, 3.63) is 34.4 Å². The molecule has 0 bridgehead atoms. The van der Waals surface area contributed by atoms with Crippen LogP contribution in [0.2, 0.25) is 0 Å². The molecule has 0 heterocycles. The van der Waals surface area contributed by atoms with E-state index in [1.165, 1.54) is 7.11 Å². The zero-order chi connectivity index (χ0) is 14.8. The Bertz CT molecular complexity index is 580. The normalized spacial score (nSPS) is 16.6. The molecule has 0 atom stereocenters. The molecule has 106 valence electrons. The summed E-state index contributed by atoms with van der Waals surface area (Å²) in [5, 5.41) is 0. The standard InChI is InChI=1S/C16H19NO3/c1-11-8-13(15(19)20-3)9-14(12(11)2)16(17-10-18)6-4-5-7-16/h8-9H,4-7H2,1-3H3. The number of isocyanates is 1. The number of aliphatic imine (C=N–C) groups is 1. The predicted molar refractivity (Wildman–Crippen MR) is 75.5 cm³/mol. The minimum Gasteiger partial charge on any atom is -0.465 e. The molecule has 0 N–H and O–H groups in total. The lowest BCUT2D eigenvalue weighted by atomic mass is 9.83. The molecule has 1 aliphatic carbocycles. The van der Waals surface area contributed by atoms with E-state index in [4.69, 9.17) is 4.74 Å². The van der Waals surface area contributed by atoms with Crippen LogP contribution in [0.1, 0.15) is 52.7 Å². The number of carbonyl (C=O) groups is 1. The van der Waals surface area contributed by atoms with E-state index in [1.54, 1.807) is 6.08 Å². The molecule has 2 rings (SSSR count). The Hall–Kier alpha value is -1.93. The lowest BCUT2D eigenvalue weighted by Gasteiger charge is -2.26. The lowest BCUT2D eigenvalue weighted by molar-refractivity contribution is 0.0600. The number of hydrogen-bond donors (Lipinski definition) is 0. The Morgan fingerprint density at radius 3 is 2.50 bits per heavy atom. The SMILES string of the molecule is COC(=O)c1cc(C)c(C)c(C2(N=C=O)CCCC2)c1. The molecule has 20 heavy (non-hydrogen) atoms. The van der Waals surface area contributed by atoms with Gasteiger partial charge in [0.1, 0.15) is 0 Å². The highest BCUT2D eigenvalue weighted by atomic mass is 16.5. The first-order chi connectivity index (χ1) is 9.54. The van der Waals surface area contributed by atoms with Crippen molar-refractivity contribution in [2.45, 2.75) is 45.1 Å². The van der Waals surface area contributed by atoms with Crippen molar-refractivity contribution >= 4 is 12.0 Å². The van der Waals surface area contributed by atoms with Crippen LogP contribution < -0.4 is 0 Å². The second-order valence-electron chi connectivity index (χ2n) is 5.40. The number of benzene rings is 1. The van der Waals surface area contributed by atoms with Gasteiger partial charge in [0.25, 0.3) is 0 Å². The molecule has 1 saturated carbocycles. The third-order valence-corrected chi connectivity index (χ3v) is 4.28. The van der Waals surface area contributed by atoms with E-state index in [2.05, 4.69) is 4.99 Å². The summed E-state index contributed by atoms with van der Waals surface area (Å²) in [5.74, 6) is -0.363. The first kappa shape index (κ1) is 14.5. The topological polar surface area (TPSA) is 55.7 Å². The summed E-state index contributed by atoms with van der Waals surface area (Å²) >= 11 is 0. The van der Waals surface area contributed by atoms with Crippen LogP contribution in [-0.4, -0.2) is 19.2 Å². The maximum absolute atomic E-state index is 11.8. The largest absolute Gasteiger partial charge is 0.465 e. The number of hydrogen-bond acceptors (Lipinski definition) is 4. The number of nitrogens with zero attached hydrogens (tertiary/aromatic N) is 1. The van der Waals surface area contributed by atoms with Gasteiger partial charge >= 0.3 is 5.97 Å². The zero-order valence-corrected chi connectivity index (χ0v) is 12.2. The molecular formula is C16H19NO3. The van der Waals surface area contributed by atoms with Crippen molar-refractivity contribution in [1.82, 2.24) is 0 Å². The van der Waals surface area contributed by atoms with Gasteiger partial charge in [0.15, 0.2) is 0 Å². The Balaban J connectivity index is 2.62. The number of ether oxygens (including phenoxy) is 1. The van der Waals surface area contributed by atoms with Gasteiger partial charge in [0.2, 0.25) is 6.08 Å². The van der Waals surface area contributed by atoms with Gasteiger partial charge in [-0.15, -0.1) is 0 Å². The highest BCUT2D eigenvalue weighted by Crippen LogP contribution is 2.44. The highest BCUT2D eigenvalue weighted by molar-refractivity contribution is 5.90. The molecule has 0 aromatic heterocycles. The molecule has 0 aliphatic heterocycles. The summed E-state index contributed by atoms with van der Waals surface area (Å²) in [6, 6.07) is 3.64. The fourth-order valence-corrected chi connectivity index (χ4v) is 3.07. The Kier molecular flexibility index (Phi) is 4.05. The fraction of sp³-hybridized carbons (Fsp3) is 0.500. The monoisotopic (exact) mass is 273 g/mol. The van der Waals surface area contributed by atoms with Crippen molar-refractivity contribution < 1.29 is 14.3 Å². The van der Waals surface area contributed by atoms with Crippen molar-refractivity contribution in [3.63, 3.8) is 0 Å². The van der Waals surface area contributed by atoms with Crippen LogP contribution in [0.5, 0.6) is 0 Å². The van der Waals surface area contributed by atoms with Crippen LogP contribution in [0.4, 0.5) is 0 Å². The number of aryl methyl sites for hydroxylation is 1. The number of methoxy groups -OCH3 is 1. The molecule has 1 aromatic carbocycles. The Morgan fingerprint density at radius 1 is 1.30 bits per heavy atom. The second kappa shape index (κ2) is 5.59. The predicted octanol–water partition coefficient (Wildman–Crippen LogP) is 3.20. The van der Waals surface area contributed by atoms with E-state index in [0.29, 0.717) is 5.56 Å². The second-order valence-corrected chi connectivity index (χ2v) is 5.40. The van der Waals surface area contributed by atoms with Gasteiger partial charge in [-0.25, -0.2) is 9.59 Å².